The number of hydrogen-bond donors (Lipinski definition) is 2. The van der Waals surface area contributed by atoms with Crippen molar-refractivity contribution in [1.29, 1.82) is 0 Å². The molecular weight excluding hydrogens is 268 g/mol. The van der Waals surface area contributed by atoms with E-state index in [1.165, 1.54) is 0 Å². The normalized spacial score (nSPS) is 10.4. The largest absolute Gasteiger partial charge is 0.462 e. The lowest BCUT2D eigenvalue weighted by atomic mass is 10.1. The van der Waals surface area contributed by atoms with E-state index in [1.807, 2.05) is 26.2 Å². The molecule has 6 nitrogen and oxygen atoms in total. The van der Waals surface area contributed by atoms with Gasteiger partial charge in [-0.15, -0.1) is 0 Å². The molecule has 0 fully saturated rings. The summed E-state index contributed by atoms with van der Waals surface area (Å²) >= 11 is 0. The van der Waals surface area contributed by atoms with Crippen LogP contribution >= 0.6 is 0 Å². The highest BCUT2D eigenvalue weighted by molar-refractivity contribution is 5.98. The second-order valence-corrected chi connectivity index (χ2v) is 4.75. The summed E-state index contributed by atoms with van der Waals surface area (Å²) in [6.45, 7) is 4.64. The van der Waals surface area contributed by atoms with E-state index >= 15 is 0 Å². The van der Waals surface area contributed by atoms with E-state index in [2.05, 4.69) is 10.4 Å². The Hall–Kier alpha value is -2.50. The molecule has 0 aliphatic carbocycles. The Bertz CT molecular complexity index is 649. The van der Waals surface area contributed by atoms with Crippen molar-refractivity contribution in [2.75, 3.05) is 17.7 Å². The number of carbonyl (C=O) groups is 1. The predicted octanol–water partition coefficient (Wildman–Crippen LogP) is 2.10. The van der Waals surface area contributed by atoms with Crippen LogP contribution in [-0.4, -0.2) is 22.4 Å². The van der Waals surface area contributed by atoms with Gasteiger partial charge in [0.15, 0.2) is 0 Å². The van der Waals surface area contributed by atoms with E-state index in [4.69, 9.17) is 10.5 Å². The Morgan fingerprint density at radius 3 is 2.86 bits per heavy atom. The van der Waals surface area contributed by atoms with Gasteiger partial charge in [-0.2, -0.15) is 5.10 Å². The summed E-state index contributed by atoms with van der Waals surface area (Å²) in [5.41, 5.74) is 9.57. The SMILES string of the molecule is CCOC(=O)c1cccc(NCc2cn(C)nc2C)c1N. The zero-order valence-electron chi connectivity index (χ0n) is 12.5. The van der Waals surface area contributed by atoms with Gasteiger partial charge in [0.25, 0.3) is 0 Å². The Morgan fingerprint density at radius 2 is 2.24 bits per heavy atom. The van der Waals surface area contributed by atoms with Crippen LogP contribution in [0.25, 0.3) is 0 Å². The van der Waals surface area contributed by atoms with E-state index in [9.17, 15) is 4.79 Å². The van der Waals surface area contributed by atoms with Crippen LogP contribution < -0.4 is 11.1 Å². The molecule has 0 unspecified atom stereocenters. The van der Waals surface area contributed by atoms with Crippen molar-refractivity contribution in [3.05, 3.63) is 41.2 Å². The lowest BCUT2D eigenvalue weighted by Gasteiger charge is -2.12. The van der Waals surface area contributed by atoms with E-state index in [-0.39, 0.29) is 0 Å². The van der Waals surface area contributed by atoms with Crippen LogP contribution in [0.3, 0.4) is 0 Å². The minimum Gasteiger partial charge on any atom is -0.462 e. The molecule has 2 aromatic rings. The summed E-state index contributed by atoms with van der Waals surface area (Å²) in [5, 5.41) is 7.52. The lowest BCUT2D eigenvalue weighted by Crippen LogP contribution is -2.10. The third-order valence-corrected chi connectivity index (χ3v) is 3.19. The second kappa shape index (κ2) is 6.30. The fourth-order valence-corrected chi connectivity index (χ4v) is 2.12. The summed E-state index contributed by atoms with van der Waals surface area (Å²) in [6, 6.07) is 5.28. The van der Waals surface area contributed by atoms with Crippen LogP contribution in [0.2, 0.25) is 0 Å². The number of para-hydroxylation sites is 1. The summed E-state index contributed by atoms with van der Waals surface area (Å²) in [5.74, 6) is -0.406. The number of nitrogen functional groups attached to an aromatic ring is 1. The maximum absolute atomic E-state index is 11.8. The van der Waals surface area contributed by atoms with Crippen molar-refractivity contribution < 1.29 is 9.53 Å². The first kappa shape index (κ1) is 14.9. The molecule has 1 aromatic carbocycles. The molecular formula is C15H20N4O2. The van der Waals surface area contributed by atoms with Crippen LogP contribution in [0.15, 0.2) is 24.4 Å². The smallest absolute Gasteiger partial charge is 0.340 e. The highest BCUT2D eigenvalue weighted by Crippen LogP contribution is 2.24. The zero-order chi connectivity index (χ0) is 15.4. The number of aryl methyl sites for hydroxylation is 2. The van der Waals surface area contributed by atoms with Crippen molar-refractivity contribution in [2.45, 2.75) is 20.4 Å². The van der Waals surface area contributed by atoms with Crippen LogP contribution in [0.1, 0.15) is 28.5 Å². The van der Waals surface area contributed by atoms with Gasteiger partial charge in [-0.25, -0.2) is 4.79 Å². The molecule has 1 heterocycles. The van der Waals surface area contributed by atoms with Gasteiger partial charge in [0.1, 0.15) is 0 Å². The number of nitrogens with zero attached hydrogens (tertiary/aromatic N) is 2. The van der Waals surface area contributed by atoms with Gasteiger partial charge in [0.05, 0.1) is 29.2 Å². The van der Waals surface area contributed by atoms with E-state index in [0.717, 1.165) is 11.3 Å². The van der Waals surface area contributed by atoms with Crippen molar-refractivity contribution in [1.82, 2.24) is 9.78 Å². The number of rotatable bonds is 5. The molecule has 3 N–H and O–H groups in total. The van der Waals surface area contributed by atoms with Gasteiger partial charge < -0.3 is 15.8 Å². The molecule has 1 aromatic heterocycles. The molecule has 0 saturated heterocycles. The first-order chi connectivity index (χ1) is 10.0. The maximum Gasteiger partial charge on any atom is 0.340 e. The molecule has 112 valence electrons. The summed E-state index contributed by atoms with van der Waals surface area (Å²) in [4.78, 5) is 11.8. The standard InChI is InChI=1S/C15H20N4O2/c1-4-21-15(20)12-6-5-7-13(14(12)16)17-8-11-9-19(3)18-10(11)2/h5-7,9,17H,4,8,16H2,1-3H3. The van der Waals surface area contributed by atoms with Gasteiger partial charge in [-0.1, -0.05) is 6.07 Å². The highest BCUT2D eigenvalue weighted by atomic mass is 16.5. The number of carbonyl (C=O) groups excluding carboxylic acids is 1. The van der Waals surface area contributed by atoms with Crippen molar-refractivity contribution in [3.63, 3.8) is 0 Å². The lowest BCUT2D eigenvalue weighted by molar-refractivity contribution is 0.0527. The van der Waals surface area contributed by atoms with Crippen molar-refractivity contribution in [3.8, 4) is 0 Å². The molecule has 6 heteroatoms. The van der Waals surface area contributed by atoms with E-state index in [0.29, 0.717) is 30.1 Å². The predicted molar refractivity (Wildman–Crippen MR) is 82.1 cm³/mol. The number of anilines is 2. The molecule has 0 radical (unpaired) electrons. The zero-order valence-corrected chi connectivity index (χ0v) is 12.5. The van der Waals surface area contributed by atoms with Gasteiger partial charge in [0.2, 0.25) is 0 Å². The first-order valence-electron chi connectivity index (χ1n) is 6.81. The first-order valence-corrected chi connectivity index (χ1v) is 6.81. The number of ether oxygens (including phenoxy) is 1. The molecule has 2 rings (SSSR count). The number of hydrogen-bond acceptors (Lipinski definition) is 5. The molecule has 21 heavy (non-hydrogen) atoms. The molecule has 0 spiro atoms. The fraction of sp³-hybridized carbons (Fsp3) is 0.333. The third-order valence-electron chi connectivity index (χ3n) is 3.19. The Morgan fingerprint density at radius 1 is 1.48 bits per heavy atom. The number of aromatic nitrogens is 2. The third kappa shape index (κ3) is 3.34. The maximum atomic E-state index is 11.8. The van der Waals surface area contributed by atoms with Gasteiger partial charge >= 0.3 is 5.97 Å². The molecule has 0 aliphatic rings. The van der Waals surface area contributed by atoms with Crippen molar-refractivity contribution in [2.24, 2.45) is 7.05 Å². The number of nitrogens with one attached hydrogen (secondary N) is 1. The van der Waals surface area contributed by atoms with Gasteiger partial charge in [-0.3, -0.25) is 4.68 Å². The quantitative estimate of drug-likeness (QED) is 0.650. The average molecular weight is 288 g/mol. The van der Waals surface area contributed by atoms with E-state index < -0.39 is 5.97 Å². The highest BCUT2D eigenvalue weighted by Gasteiger charge is 2.13. The van der Waals surface area contributed by atoms with E-state index in [1.54, 1.807) is 23.7 Å². The Balaban J connectivity index is 2.15. The summed E-state index contributed by atoms with van der Waals surface area (Å²) < 4.78 is 6.76. The number of benzene rings is 1. The molecule has 0 atom stereocenters. The van der Waals surface area contributed by atoms with Crippen LogP contribution in [0.5, 0.6) is 0 Å². The number of esters is 1. The van der Waals surface area contributed by atoms with Gasteiger partial charge in [-0.05, 0) is 26.0 Å². The monoisotopic (exact) mass is 288 g/mol. The van der Waals surface area contributed by atoms with Gasteiger partial charge in [0, 0.05) is 25.4 Å². The van der Waals surface area contributed by atoms with Crippen LogP contribution in [0, 0.1) is 6.92 Å². The van der Waals surface area contributed by atoms with Crippen LogP contribution in [0.4, 0.5) is 11.4 Å². The topological polar surface area (TPSA) is 82.2 Å². The minimum atomic E-state index is -0.406. The second-order valence-electron chi connectivity index (χ2n) is 4.75. The summed E-state index contributed by atoms with van der Waals surface area (Å²) in [6.07, 6.45) is 1.95. The molecule has 0 saturated carbocycles. The van der Waals surface area contributed by atoms with Crippen molar-refractivity contribution >= 4 is 17.3 Å². The Kier molecular flexibility index (Phi) is 4.47. The summed E-state index contributed by atoms with van der Waals surface area (Å²) in [7, 11) is 1.88. The molecule has 0 amide bonds. The average Bonchev–Trinajstić information content (AvgIpc) is 2.76. The van der Waals surface area contributed by atoms with Crippen LogP contribution in [-0.2, 0) is 18.3 Å². The Labute approximate surface area is 123 Å². The molecule has 0 aliphatic heterocycles. The fourth-order valence-electron chi connectivity index (χ4n) is 2.12. The number of nitrogens with two attached hydrogens (primary N) is 1. The minimum absolute atomic E-state index is 0.324. The molecule has 0 bridgehead atoms.